The van der Waals surface area contributed by atoms with Crippen molar-refractivity contribution < 1.29 is 38.2 Å². The van der Waals surface area contributed by atoms with Gasteiger partial charge in [0.25, 0.3) is 0 Å². The molecule has 10 heteroatoms. The molecular weight excluding hydrogens is 404 g/mol. The molecule has 2 aromatic rings. The molecule has 0 spiro atoms. The van der Waals surface area contributed by atoms with Gasteiger partial charge in [0.2, 0.25) is 7.37 Å². The van der Waals surface area contributed by atoms with Crippen LogP contribution in [0.1, 0.15) is 19.8 Å². The smallest absolute Gasteiger partial charge is 0.373 e. The van der Waals surface area contributed by atoms with Crippen LogP contribution in [0.15, 0.2) is 48.8 Å². The Labute approximate surface area is 164 Å². The summed E-state index contributed by atoms with van der Waals surface area (Å²) in [6, 6.07) is 10.7. The molecule has 28 heavy (non-hydrogen) atoms. The average Bonchev–Trinajstić information content (AvgIpc) is 2.61. The number of aliphatic hydroxyl groups is 1. The van der Waals surface area contributed by atoms with E-state index in [-0.39, 0.29) is 0 Å². The number of aromatic nitrogens is 1. The van der Waals surface area contributed by atoms with Crippen LogP contribution < -0.4 is 9.30 Å². The lowest BCUT2D eigenvalue weighted by atomic mass is 10.1. The molecule has 1 aromatic carbocycles. The van der Waals surface area contributed by atoms with Gasteiger partial charge >= 0.3 is 12.7 Å². The quantitative estimate of drug-likeness (QED) is 0.273. The Balaban J connectivity index is 2.27. The minimum atomic E-state index is -5.28. The summed E-state index contributed by atoms with van der Waals surface area (Å²) in [5.74, 6) is 0.740. The normalized spacial score (nSPS) is 16.2. The largest absolute Gasteiger partial charge is 0.494 e. The number of hydrogen-bond donors (Lipinski definition) is 4. The lowest BCUT2D eigenvalue weighted by Gasteiger charge is -2.27. The molecule has 4 N–H and O–H groups in total. The fourth-order valence-corrected chi connectivity index (χ4v) is 5.29. The lowest BCUT2D eigenvalue weighted by molar-refractivity contribution is -0.702. The summed E-state index contributed by atoms with van der Waals surface area (Å²) < 4.78 is 30.6. The van der Waals surface area contributed by atoms with Crippen LogP contribution >= 0.6 is 15.0 Å². The van der Waals surface area contributed by atoms with Gasteiger partial charge in [0.1, 0.15) is 5.75 Å². The summed E-state index contributed by atoms with van der Waals surface area (Å²) in [5, 5.41) is 7.26. The van der Waals surface area contributed by atoms with Gasteiger partial charge in [-0.25, -0.2) is 4.57 Å². The Morgan fingerprint density at radius 1 is 1.07 bits per heavy atom. The number of nitrogens with zero attached hydrogens (tertiary/aromatic N) is 1. The van der Waals surface area contributed by atoms with Crippen molar-refractivity contribution in [3.05, 3.63) is 48.8 Å². The molecule has 8 nitrogen and oxygen atoms in total. The van der Waals surface area contributed by atoms with Crippen LogP contribution in [0, 0.1) is 0 Å². The van der Waals surface area contributed by atoms with Crippen LogP contribution in [0.25, 0.3) is 11.1 Å². The molecule has 1 aromatic heterocycles. The zero-order valence-corrected chi connectivity index (χ0v) is 17.6. The highest BCUT2D eigenvalue weighted by atomic mass is 31.2. The van der Waals surface area contributed by atoms with Crippen molar-refractivity contribution in [2.45, 2.75) is 31.4 Å². The number of rotatable bonds is 9. The van der Waals surface area contributed by atoms with Crippen molar-refractivity contribution >= 4 is 15.0 Å². The number of hydrogen-bond acceptors (Lipinski definition) is 4. The summed E-state index contributed by atoms with van der Waals surface area (Å²) in [5.41, 5.74) is 1.53. The minimum absolute atomic E-state index is 0.639. The van der Waals surface area contributed by atoms with Gasteiger partial charge in [-0.3, -0.25) is 9.13 Å². The molecule has 0 fully saturated rings. The van der Waals surface area contributed by atoms with Crippen molar-refractivity contribution in [2.75, 3.05) is 13.3 Å². The van der Waals surface area contributed by atoms with Crippen LogP contribution in [0.3, 0.4) is 0 Å². The number of ether oxygens (including phenoxy) is 1. The fourth-order valence-electron chi connectivity index (χ4n) is 2.58. The van der Waals surface area contributed by atoms with Gasteiger partial charge in [-0.2, -0.15) is 0 Å². The number of unbranched alkanes of at least 4 members (excludes halogenated alkanes) is 1. The first-order chi connectivity index (χ1) is 13.0. The molecule has 2 unspecified atom stereocenters. The van der Waals surface area contributed by atoms with Crippen LogP contribution in [0.4, 0.5) is 0 Å². The first-order valence-corrected chi connectivity index (χ1v) is 12.5. The van der Waals surface area contributed by atoms with E-state index in [1.807, 2.05) is 24.3 Å². The molecular formula is C18H26NO7P2+. The third-order valence-corrected chi connectivity index (χ3v) is 8.78. The van der Waals surface area contributed by atoms with Crippen molar-refractivity contribution in [1.29, 1.82) is 0 Å². The molecule has 0 amide bonds. The Morgan fingerprint density at radius 3 is 2.25 bits per heavy atom. The molecule has 0 saturated heterocycles. The van der Waals surface area contributed by atoms with Crippen LogP contribution in [-0.2, 0) is 15.7 Å². The molecule has 0 aliphatic rings. The Hall–Kier alpha value is -1.53. The highest BCUT2D eigenvalue weighted by molar-refractivity contribution is 7.74. The fraction of sp³-hybridized carbons (Fsp3) is 0.389. The van der Waals surface area contributed by atoms with Crippen LogP contribution in [0.5, 0.6) is 5.75 Å². The number of pyridine rings is 1. The van der Waals surface area contributed by atoms with Gasteiger partial charge in [0, 0.05) is 18.3 Å². The summed E-state index contributed by atoms with van der Waals surface area (Å²) in [7, 11) is -9.80. The maximum absolute atomic E-state index is 12.0. The first-order valence-electron chi connectivity index (χ1n) is 8.78. The zero-order chi connectivity index (χ0) is 21.0. The van der Waals surface area contributed by atoms with Crippen molar-refractivity contribution in [2.24, 2.45) is 0 Å². The molecule has 1 heterocycles. The Morgan fingerprint density at radius 2 is 1.71 bits per heavy atom. The molecule has 0 aliphatic heterocycles. The maximum Gasteiger partial charge on any atom is 0.373 e. The maximum atomic E-state index is 12.0. The monoisotopic (exact) mass is 430 g/mol. The molecule has 0 saturated carbocycles. The molecule has 2 atom stereocenters. The number of benzene rings is 1. The van der Waals surface area contributed by atoms with E-state index >= 15 is 0 Å². The van der Waals surface area contributed by atoms with Crippen molar-refractivity contribution in [3.63, 3.8) is 0 Å². The van der Waals surface area contributed by atoms with E-state index in [4.69, 9.17) is 4.74 Å². The van der Waals surface area contributed by atoms with Crippen molar-refractivity contribution in [1.82, 2.24) is 0 Å². The van der Waals surface area contributed by atoms with Gasteiger partial charge in [-0.1, -0.05) is 25.5 Å². The first kappa shape index (κ1) is 22.8. The highest BCUT2D eigenvalue weighted by Crippen LogP contribution is 2.67. The predicted molar refractivity (Wildman–Crippen MR) is 105 cm³/mol. The molecule has 154 valence electrons. The van der Waals surface area contributed by atoms with E-state index in [1.54, 1.807) is 18.3 Å². The van der Waals surface area contributed by atoms with Crippen LogP contribution in [-0.4, -0.2) is 38.1 Å². The Kier molecular flexibility index (Phi) is 7.21. The third-order valence-electron chi connectivity index (χ3n) is 4.34. The van der Waals surface area contributed by atoms with Gasteiger partial charge in [0.05, 0.1) is 6.61 Å². The topological polar surface area (TPSA) is 128 Å². The van der Waals surface area contributed by atoms with Crippen molar-refractivity contribution in [3.8, 4) is 16.9 Å². The zero-order valence-electron chi connectivity index (χ0n) is 15.8. The van der Waals surface area contributed by atoms with E-state index in [1.165, 1.54) is 10.8 Å². The van der Waals surface area contributed by atoms with E-state index in [0.29, 0.717) is 12.2 Å². The summed E-state index contributed by atoms with van der Waals surface area (Å²) in [6.07, 6.45) is 5.02. The standard InChI is InChI=1S/C18H25NO7P2/c1-3-4-12-26-17-9-7-15(8-10-17)16-6-5-11-19(13-16)14-18(20,27(2,21)22)28(23,24)25/h5-11,13,20H,3-4,12,14H2,1-2H3,(H2-,21,22,23,24,25)/p+1. The lowest BCUT2D eigenvalue weighted by Crippen LogP contribution is -2.47. The van der Waals surface area contributed by atoms with E-state index in [2.05, 4.69) is 6.92 Å². The van der Waals surface area contributed by atoms with Gasteiger partial charge in [-0.05, 0) is 30.2 Å². The van der Waals surface area contributed by atoms with Gasteiger partial charge in [-0.15, -0.1) is 0 Å². The summed E-state index contributed by atoms with van der Waals surface area (Å²) >= 11 is 0. The van der Waals surface area contributed by atoms with Gasteiger partial charge in [0.15, 0.2) is 18.9 Å². The molecule has 0 bridgehead atoms. The van der Waals surface area contributed by atoms with E-state index < -0.39 is 26.6 Å². The van der Waals surface area contributed by atoms with Crippen LogP contribution in [0.2, 0.25) is 0 Å². The second kappa shape index (κ2) is 8.87. The summed E-state index contributed by atoms with van der Waals surface area (Å²) in [6.45, 7) is 2.72. The summed E-state index contributed by atoms with van der Waals surface area (Å²) in [4.78, 5) is 28.6. The predicted octanol–water partition coefficient (Wildman–Crippen LogP) is 2.54. The second-order valence-corrected chi connectivity index (χ2v) is 11.4. The third kappa shape index (κ3) is 5.29. The second-order valence-electron chi connectivity index (χ2n) is 6.69. The Bertz CT molecular complexity index is 867. The molecule has 0 radical (unpaired) electrons. The molecule has 2 rings (SSSR count). The van der Waals surface area contributed by atoms with E-state index in [0.717, 1.165) is 30.8 Å². The average molecular weight is 430 g/mol. The minimum Gasteiger partial charge on any atom is -0.494 e. The van der Waals surface area contributed by atoms with Gasteiger partial charge < -0.3 is 24.5 Å². The van der Waals surface area contributed by atoms with E-state index in [9.17, 15) is 28.9 Å². The SMILES string of the molecule is CCCCOc1ccc(-c2ccc[n+](CC(O)(P(C)(=O)O)P(=O)(O)O)c2)cc1. The molecule has 0 aliphatic carbocycles. The highest BCUT2D eigenvalue weighted by Gasteiger charge is 2.60.